The lowest BCUT2D eigenvalue weighted by molar-refractivity contribution is -0.274. The molecule has 0 saturated carbocycles. The lowest BCUT2D eigenvalue weighted by Crippen LogP contribution is -2.56. The number of hydrogen-bond donors (Lipinski definition) is 0. The maximum Gasteiger partial charge on any atom is 0.573 e. The molecule has 142 valence electrons. The summed E-state index contributed by atoms with van der Waals surface area (Å²) in [5.74, 6) is -0.388. The summed E-state index contributed by atoms with van der Waals surface area (Å²) in [7, 11) is -3.87. The van der Waals surface area contributed by atoms with Gasteiger partial charge in [-0.25, -0.2) is 13.4 Å². The van der Waals surface area contributed by atoms with Crippen molar-refractivity contribution in [2.24, 2.45) is 0 Å². The van der Waals surface area contributed by atoms with Gasteiger partial charge in [0.05, 0.1) is 18.0 Å². The number of halogens is 3. The van der Waals surface area contributed by atoms with Crippen LogP contribution in [-0.2, 0) is 10.0 Å². The summed E-state index contributed by atoms with van der Waals surface area (Å²) in [5, 5.41) is 8.99. The van der Waals surface area contributed by atoms with Crippen molar-refractivity contribution in [1.29, 1.82) is 5.26 Å². The van der Waals surface area contributed by atoms with E-state index in [9.17, 15) is 21.6 Å². The van der Waals surface area contributed by atoms with Gasteiger partial charge in [-0.05, 0) is 36.4 Å². The minimum absolute atomic E-state index is 0.0323. The van der Waals surface area contributed by atoms with E-state index in [1.165, 1.54) is 12.3 Å². The monoisotopic (exact) mass is 399 g/mol. The summed E-state index contributed by atoms with van der Waals surface area (Å²) in [4.78, 5) is 3.78. The molecule has 0 bridgehead atoms. The molecule has 1 aliphatic heterocycles. The van der Waals surface area contributed by atoms with Crippen LogP contribution in [0.5, 0.6) is 11.6 Å². The first-order chi connectivity index (χ1) is 12.7. The largest absolute Gasteiger partial charge is 0.573 e. The average Bonchev–Trinajstić information content (AvgIpc) is 2.57. The number of ether oxygens (including phenoxy) is 2. The van der Waals surface area contributed by atoms with Crippen LogP contribution in [-0.4, -0.2) is 43.3 Å². The number of aromatic nitrogens is 1. The van der Waals surface area contributed by atoms with Gasteiger partial charge in [0.25, 0.3) is 0 Å². The highest BCUT2D eigenvalue weighted by atomic mass is 32.2. The van der Waals surface area contributed by atoms with Gasteiger partial charge in [-0.1, -0.05) is 0 Å². The predicted molar refractivity (Wildman–Crippen MR) is 85.3 cm³/mol. The molecule has 0 radical (unpaired) electrons. The van der Waals surface area contributed by atoms with Crippen LogP contribution in [0.1, 0.15) is 5.56 Å². The maximum atomic E-state index is 12.5. The van der Waals surface area contributed by atoms with Crippen LogP contribution in [0.2, 0.25) is 0 Å². The van der Waals surface area contributed by atoms with E-state index < -0.39 is 28.2 Å². The normalized spacial score (nSPS) is 15.6. The zero-order valence-electron chi connectivity index (χ0n) is 13.5. The number of benzene rings is 1. The SMILES string of the molecule is N#Cc1cccnc1OC1CN(S(=O)(=O)c2ccc(OC(F)(F)F)cc2)C1. The third-order valence-electron chi connectivity index (χ3n) is 3.68. The van der Waals surface area contributed by atoms with Gasteiger partial charge in [-0.15, -0.1) is 13.2 Å². The van der Waals surface area contributed by atoms with Crippen LogP contribution < -0.4 is 9.47 Å². The first-order valence-electron chi connectivity index (χ1n) is 7.57. The first kappa shape index (κ1) is 18.9. The van der Waals surface area contributed by atoms with Gasteiger partial charge in [0, 0.05) is 6.20 Å². The Labute approximate surface area is 152 Å². The predicted octanol–water partition coefficient (Wildman–Crippen LogP) is 2.30. The number of nitriles is 1. The van der Waals surface area contributed by atoms with Gasteiger partial charge in [-0.3, -0.25) is 0 Å². The van der Waals surface area contributed by atoms with Crippen LogP contribution >= 0.6 is 0 Å². The van der Waals surface area contributed by atoms with Crippen LogP contribution in [0.3, 0.4) is 0 Å². The van der Waals surface area contributed by atoms with E-state index in [1.54, 1.807) is 6.07 Å². The lowest BCUT2D eigenvalue weighted by Gasteiger charge is -2.37. The van der Waals surface area contributed by atoms with Crippen molar-refractivity contribution in [3.8, 4) is 17.7 Å². The molecule has 3 rings (SSSR count). The Balaban J connectivity index is 1.63. The molecule has 0 amide bonds. The molecule has 0 N–H and O–H groups in total. The zero-order chi connectivity index (χ0) is 19.7. The highest BCUT2D eigenvalue weighted by Crippen LogP contribution is 2.28. The second-order valence-corrected chi connectivity index (χ2v) is 7.49. The van der Waals surface area contributed by atoms with E-state index in [1.807, 2.05) is 6.07 Å². The van der Waals surface area contributed by atoms with Crippen LogP contribution in [0.15, 0.2) is 47.5 Å². The summed E-state index contributed by atoms with van der Waals surface area (Å²) in [6.07, 6.45) is -3.88. The summed E-state index contributed by atoms with van der Waals surface area (Å²) in [6, 6.07) is 8.97. The highest BCUT2D eigenvalue weighted by molar-refractivity contribution is 7.89. The van der Waals surface area contributed by atoms with Crippen molar-refractivity contribution < 1.29 is 31.1 Å². The van der Waals surface area contributed by atoms with Gasteiger partial charge >= 0.3 is 6.36 Å². The Morgan fingerprint density at radius 3 is 2.44 bits per heavy atom. The third-order valence-corrected chi connectivity index (χ3v) is 5.53. The van der Waals surface area contributed by atoms with Crippen molar-refractivity contribution in [2.45, 2.75) is 17.4 Å². The van der Waals surface area contributed by atoms with Gasteiger partial charge in [0.15, 0.2) is 0 Å². The second-order valence-electron chi connectivity index (χ2n) is 5.55. The number of sulfonamides is 1. The number of pyridine rings is 1. The smallest absolute Gasteiger partial charge is 0.471 e. The molecular formula is C16H12F3N3O4S. The standard InChI is InChI=1S/C16H12F3N3O4S/c17-16(18,19)26-12-3-5-14(6-4-12)27(23,24)22-9-13(10-22)25-15-11(8-20)2-1-7-21-15/h1-7,13H,9-10H2. The van der Waals surface area contributed by atoms with Gasteiger partial charge < -0.3 is 9.47 Å². The van der Waals surface area contributed by atoms with Crippen LogP contribution in [0, 0.1) is 11.3 Å². The number of hydrogen-bond acceptors (Lipinski definition) is 6. The molecule has 0 unspecified atom stereocenters. The zero-order valence-corrected chi connectivity index (χ0v) is 14.4. The van der Waals surface area contributed by atoms with E-state index in [0.29, 0.717) is 0 Å². The molecule has 1 aromatic heterocycles. The maximum absolute atomic E-state index is 12.5. The molecule has 1 aromatic carbocycles. The summed E-state index contributed by atoms with van der Waals surface area (Å²) >= 11 is 0. The molecule has 1 saturated heterocycles. The second kappa shape index (κ2) is 7.05. The molecule has 0 atom stereocenters. The quantitative estimate of drug-likeness (QED) is 0.766. The molecule has 2 aromatic rings. The van der Waals surface area contributed by atoms with Crippen molar-refractivity contribution >= 4 is 10.0 Å². The number of alkyl halides is 3. The molecular weight excluding hydrogens is 387 g/mol. The third kappa shape index (κ3) is 4.29. The first-order valence-corrected chi connectivity index (χ1v) is 9.01. The summed E-state index contributed by atoms with van der Waals surface area (Å²) in [5.41, 5.74) is 0.235. The van der Waals surface area contributed by atoms with Crippen molar-refractivity contribution in [3.63, 3.8) is 0 Å². The molecule has 2 heterocycles. The summed E-state index contributed by atoms with van der Waals surface area (Å²) < 4.78 is 71.8. The van der Waals surface area contributed by atoms with Crippen molar-refractivity contribution in [2.75, 3.05) is 13.1 Å². The minimum atomic E-state index is -4.85. The van der Waals surface area contributed by atoms with Crippen molar-refractivity contribution in [3.05, 3.63) is 48.2 Å². The van der Waals surface area contributed by atoms with E-state index in [0.717, 1.165) is 28.6 Å². The fourth-order valence-electron chi connectivity index (χ4n) is 2.36. The minimum Gasteiger partial charge on any atom is -0.471 e. The highest BCUT2D eigenvalue weighted by Gasteiger charge is 2.39. The Morgan fingerprint density at radius 1 is 1.19 bits per heavy atom. The topological polar surface area (TPSA) is 92.5 Å². The van der Waals surface area contributed by atoms with Gasteiger partial charge in [-0.2, -0.15) is 9.57 Å². The van der Waals surface area contributed by atoms with Crippen molar-refractivity contribution in [1.82, 2.24) is 9.29 Å². The average molecular weight is 399 g/mol. The van der Waals surface area contributed by atoms with E-state index in [2.05, 4.69) is 9.72 Å². The molecule has 27 heavy (non-hydrogen) atoms. The van der Waals surface area contributed by atoms with E-state index >= 15 is 0 Å². The molecule has 1 fully saturated rings. The van der Waals surface area contributed by atoms with Gasteiger partial charge in [0.1, 0.15) is 23.5 Å². The Hall–Kier alpha value is -2.84. The Morgan fingerprint density at radius 2 is 1.85 bits per heavy atom. The number of rotatable bonds is 5. The lowest BCUT2D eigenvalue weighted by atomic mass is 10.2. The van der Waals surface area contributed by atoms with Crippen LogP contribution in [0.25, 0.3) is 0 Å². The fourth-order valence-corrected chi connectivity index (χ4v) is 3.86. The fraction of sp³-hybridized carbons (Fsp3) is 0.250. The molecule has 0 aliphatic carbocycles. The summed E-state index contributed by atoms with van der Waals surface area (Å²) in [6.45, 7) is 0.0646. The number of nitrogens with zero attached hydrogens (tertiary/aromatic N) is 3. The Kier molecular flexibility index (Phi) is 4.95. The Bertz CT molecular complexity index is 966. The van der Waals surface area contributed by atoms with E-state index in [4.69, 9.17) is 10.00 Å². The molecule has 11 heteroatoms. The molecule has 7 nitrogen and oxygen atoms in total. The van der Waals surface area contributed by atoms with Gasteiger partial charge in [0.2, 0.25) is 15.9 Å². The van der Waals surface area contributed by atoms with E-state index in [-0.39, 0.29) is 29.4 Å². The molecule has 1 aliphatic rings. The van der Waals surface area contributed by atoms with Crippen LogP contribution in [0.4, 0.5) is 13.2 Å². The molecule has 0 spiro atoms.